The fourth-order valence-corrected chi connectivity index (χ4v) is 1.02. The Morgan fingerprint density at radius 1 is 1.31 bits per heavy atom. The Hall–Kier alpha value is -1.30. The largest absolute Gasteiger partial charge is 0.432 e. The topological polar surface area (TPSA) is 12.5 Å². The van der Waals surface area contributed by atoms with Gasteiger partial charge in [-0.05, 0) is 30.4 Å². The van der Waals surface area contributed by atoms with Gasteiger partial charge in [0.05, 0.1) is 5.56 Å². The number of hydrogen-bond donors (Lipinski definition) is 0. The average Bonchev–Trinajstić information content (AvgIpc) is 2.16. The Labute approximate surface area is 96.6 Å². The standard InChI is InChI=1S/C10H10F3NOS/c1-14(2)9(16)15-8-5-3-4-7(6-8)10(11,12)13/h3-6H,1-2H3. The highest BCUT2D eigenvalue weighted by Gasteiger charge is 2.30. The van der Waals surface area contributed by atoms with Crippen molar-refractivity contribution in [1.82, 2.24) is 4.90 Å². The van der Waals surface area contributed by atoms with Crippen molar-refractivity contribution < 1.29 is 17.9 Å². The van der Waals surface area contributed by atoms with Gasteiger partial charge in [-0.25, -0.2) is 0 Å². The van der Waals surface area contributed by atoms with E-state index in [1.165, 1.54) is 17.0 Å². The molecule has 0 atom stereocenters. The number of ether oxygens (including phenoxy) is 1. The predicted octanol–water partition coefficient (Wildman–Crippen LogP) is 2.93. The lowest BCUT2D eigenvalue weighted by atomic mass is 10.2. The Bertz CT molecular complexity index is 390. The maximum atomic E-state index is 12.4. The van der Waals surface area contributed by atoms with Crippen molar-refractivity contribution >= 4 is 17.4 Å². The number of thiocarbonyl (C=S) groups is 1. The smallest absolute Gasteiger partial charge is 0.416 e. The highest BCUT2D eigenvalue weighted by molar-refractivity contribution is 7.80. The van der Waals surface area contributed by atoms with Gasteiger partial charge in [-0.3, -0.25) is 0 Å². The zero-order valence-corrected chi connectivity index (χ0v) is 9.52. The third-order valence-corrected chi connectivity index (χ3v) is 2.18. The fraction of sp³-hybridized carbons (Fsp3) is 0.300. The van der Waals surface area contributed by atoms with E-state index in [1.54, 1.807) is 14.1 Å². The average molecular weight is 249 g/mol. The van der Waals surface area contributed by atoms with Crippen LogP contribution in [0.3, 0.4) is 0 Å². The Morgan fingerprint density at radius 2 is 1.94 bits per heavy atom. The monoisotopic (exact) mass is 249 g/mol. The molecule has 6 heteroatoms. The van der Waals surface area contributed by atoms with Gasteiger partial charge in [-0.1, -0.05) is 6.07 Å². The lowest BCUT2D eigenvalue weighted by Gasteiger charge is -2.15. The second-order valence-corrected chi connectivity index (χ2v) is 3.64. The van der Waals surface area contributed by atoms with Crippen molar-refractivity contribution in [2.24, 2.45) is 0 Å². The molecule has 0 saturated heterocycles. The highest BCUT2D eigenvalue weighted by atomic mass is 32.1. The van der Waals surface area contributed by atoms with Gasteiger partial charge >= 0.3 is 6.18 Å². The molecule has 0 radical (unpaired) electrons. The Kier molecular flexibility index (Phi) is 3.74. The van der Waals surface area contributed by atoms with E-state index in [0.29, 0.717) is 0 Å². The zero-order chi connectivity index (χ0) is 12.3. The van der Waals surface area contributed by atoms with Gasteiger partial charge in [0.2, 0.25) is 0 Å². The van der Waals surface area contributed by atoms with Gasteiger partial charge in [0, 0.05) is 14.1 Å². The third-order valence-electron chi connectivity index (χ3n) is 1.73. The molecule has 0 aliphatic heterocycles. The van der Waals surface area contributed by atoms with E-state index in [-0.39, 0.29) is 10.9 Å². The Morgan fingerprint density at radius 3 is 2.44 bits per heavy atom. The van der Waals surface area contributed by atoms with Crippen LogP contribution in [0.2, 0.25) is 0 Å². The molecule has 1 rings (SSSR count). The van der Waals surface area contributed by atoms with Crippen molar-refractivity contribution in [3.8, 4) is 5.75 Å². The van der Waals surface area contributed by atoms with Crippen LogP contribution in [0, 0.1) is 0 Å². The molecule has 0 bridgehead atoms. The summed E-state index contributed by atoms with van der Waals surface area (Å²) in [5.41, 5.74) is -0.758. The van der Waals surface area contributed by atoms with Gasteiger partial charge in [0.25, 0.3) is 5.17 Å². The van der Waals surface area contributed by atoms with E-state index < -0.39 is 11.7 Å². The van der Waals surface area contributed by atoms with Crippen molar-refractivity contribution in [2.45, 2.75) is 6.18 Å². The maximum absolute atomic E-state index is 12.4. The number of benzene rings is 1. The second-order valence-electron chi connectivity index (χ2n) is 3.29. The summed E-state index contributed by atoms with van der Waals surface area (Å²) in [6, 6.07) is 4.59. The molecule has 0 unspecified atom stereocenters. The van der Waals surface area contributed by atoms with Crippen molar-refractivity contribution in [3.63, 3.8) is 0 Å². The predicted molar refractivity (Wildman–Crippen MR) is 58.4 cm³/mol. The molecule has 0 heterocycles. The molecule has 0 N–H and O–H groups in total. The molecule has 88 valence electrons. The summed E-state index contributed by atoms with van der Waals surface area (Å²) >= 11 is 4.82. The van der Waals surface area contributed by atoms with Crippen LogP contribution in [-0.4, -0.2) is 24.2 Å². The zero-order valence-electron chi connectivity index (χ0n) is 8.71. The molecule has 0 aliphatic carbocycles. The van der Waals surface area contributed by atoms with Gasteiger partial charge < -0.3 is 9.64 Å². The summed E-state index contributed by atoms with van der Waals surface area (Å²) < 4.78 is 42.2. The lowest BCUT2D eigenvalue weighted by Crippen LogP contribution is -2.25. The molecular formula is C10H10F3NOS. The first kappa shape index (κ1) is 12.8. The van der Waals surface area contributed by atoms with E-state index >= 15 is 0 Å². The quantitative estimate of drug-likeness (QED) is 0.710. The summed E-state index contributed by atoms with van der Waals surface area (Å²) in [5.74, 6) is 0.0773. The molecular weight excluding hydrogens is 239 g/mol. The van der Waals surface area contributed by atoms with Crippen LogP contribution in [0.15, 0.2) is 24.3 Å². The number of hydrogen-bond acceptors (Lipinski definition) is 2. The summed E-state index contributed by atoms with van der Waals surface area (Å²) in [6.07, 6.45) is -4.38. The van der Waals surface area contributed by atoms with Crippen LogP contribution in [0.5, 0.6) is 5.75 Å². The van der Waals surface area contributed by atoms with E-state index in [2.05, 4.69) is 0 Å². The van der Waals surface area contributed by atoms with Gasteiger partial charge in [0.1, 0.15) is 5.75 Å². The van der Waals surface area contributed by atoms with Crippen LogP contribution in [-0.2, 0) is 6.18 Å². The highest BCUT2D eigenvalue weighted by Crippen LogP contribution is 2.31. The van der Waals surface area contributed by atoms with E-state index in [1.807, 2.05) is 0 Å². The molecule has 0 aliphatic rings. The van der Waals surface area contributed by atoms with Crippen LogP contribution >= 0.6 is 12.2 Å². The SMILES string of the molecule is CN(C)C(=S)Oc1cccc(C(F)(F)F)c1. The van der Waals surface area contributed by atoms with Crippen molar-refractivity contribution in [1.29, 1.82) is 0 Å². The molecule has 0 amide bonds. The minimum atomic E-state index is -4.38. The van der Waals surface area contributed by atoms with Crippen LogP contribution in [0.25, 0.3) is 0 Å². The second kappa shape index (κ2) is 4.69. The molecule has 0 fully saturated rings. The van der Waals surface area contributed by atoms with Crippen LogP contribution in [0.4, 0.5) is 13.2 Å². The molecule has 2 nitrogen and oxygen atoms in total. The molecule has 0 aromatic heterocycles. The first-order chi connectivity index (χ1) is 7.30. The summed E-state index contributed by atoms with van der Waals surface area (Å²) in [7, 11) is 3.30. The minimum absolute atomic E-state index is 0.0773. The van der Waals surface area contributed by atoms with E-state index in [9.17, 15) is 13.2 Å². The number of halogens is 3. The molecule has 1 aromatic rings. The minimum Gasteiger partial charge on any atom is -0.432 e. The van der Waals surface area contributed by atoms with E-state index in [0.717, 1.165) is 12.1 Å². The molecule has 0 spiro atoms. The number of nitrogens with zero attached hydrogens (tertiary/aromatic N) is 1. The molecule has 0 saturated carbocycles. The first-order valence-electron chi connectivity index (χ1n) is 4.37. The summed E-state index contributed by atoms with van der Waals surface area (Å²) in [4.78, 5) is 1.50. The third kappa shape index (κ3) is 3.37. The number of alkyl halides is 3. The normalized spacial score (nSPS) is 11.1. The maximum Gasteiger partial charge on any atom is 0.416 e. The van der Waals surface area contributed by atoms with Gasteiger partial charge in [0.15, 0.2) is 0 Å². The molecule has 16 heavy (non-hydrogen) atoms. The van der Waals surface area contributed by atoms with Crippen molar-refractivity contribution in [3.05, 3.63) is 29.8 Å². The van der Waals surface area contributed by atoms with Gasteiger partial charge in [-0.2, -0.15) is 13.2 Å². The van der Waals surface area contributed by atoms with Gasteiger partial charge in [-0.15, -0.1) is 0 Å². The lowest BCUT2D eigenvalue weighted by molar-refractivity contribution is -0.137. The van der Waals surface area contributed by atoms with Crippen LogP contribution < -0.4 is 4.74 Å². The summed E-state index contributed by atoms with van der Waals surface area (Å²) in [6.45, 7) is 0. The Balaban J connectivity index is 2.88. The number of rotatable bonds is 1. The van der Waals surface area contributed by atoms with Crippen LogP contribution in [0.1, 0.15) is 5.56 Å². The van der Waals surface area contributed by atoms with E-state index in [4.69, 9.17) is 17.0 Å². The first-order valence-corrected chi connectivity index (χ1v) is 4.78. The summed E-state index contributed by atoms with van der Waals surface area (Å²) in [5, 5.41) is 0.110. The molecule has 1 aromatic carbocycles. The van der Waals surface area contributed by atoms with Crippen molar-refractivity contribution in [2.75, 3.05) is 14.1 Å². The fourth-order valence-electron chi connectivity index (χ4n) is 0.928.